The fourth-order valence-corrected chi connectivity index (χ4v) is 5.94. The van der Waals surface area contributed by atoms with E-state index in [1.54, 1.807) is 5.57 Å². The lowest BCUT2D eigenvalue weighted by molar-refractivity contribution is 0.457. The van der Waals surface area contributed by atoms with Crippen LogP contribution in [0.4, 0.5) is 0 Å². The maximum absolute atomic E-state index is 3.79. The fourth-order valence-electron chi connectivity index (χ4n) is 4.88. The van der Waals surface area contributed by atoms with E-state index in [1.807, 2.05) is 11.3 Å². The van der Waals surface area contributed by atoms with Crippen molar-refractivity contribution in [3.05, 3.63) is 113 Å². The zero-order valence-corrected chi connectivity index (χ0v) is 21.4. The van der Waals surface area contributed by atoms with Crippen molar-refractivity contribution in [1.29, 1.82) is 0 Å². The first-order valence-electron chi connectivity index (χ1n) is 12.8. The molecule has 1 nitrogen and oxygen atoms in total. The van der Waals surface area contributed by atoms with Gasteiger partial charge in [0.05, 0.1) is 10.6 Å². The molecule has 4 rings (SSSR count). The van der Waals surface area contributed by atoms with Crippen LogP contribution >= 0.6 is 11.3 Å². The number of benzene rings is 2. The van der Waals surface area contributed by atoms with E-state index >= 15 is 0 Å². The highest BCUT2D eigenvalue weighted by Gasteiger charge is 2.20. The first-order chi connectivity index (χ1) is 16.8. The summed E-state index contributed by atoms with van der Waals surface area (Å²) in [6.45, 7) is 5.37. The van der Waals surface area contributed by atoms with E-state index in [1.165, 1.54) is 51.9 Å². The Labute approximate surface area is 209 Å². The van der Waals surface area contributed by atoms with E-state index < -0.39 is 0 Å². The lowest BCUT2D eigenvalue weighted by Gasteiger charge is -2.26. The Morgan fingerprint density at radius 2 is 1.85 bits per heavy atom. The van der Waals surface area contributed by atoms with Crippen LogP contribution in [-0.4, -0.2) is 6.54 Å². The molecule has 1 aromatic heterocycles. The Bertz CT molecular complexity index is 1130. The quantitative estimate of drug-likeness (QED) is 0.277. The van der Waals surface area contributed by atoms with Gasteiger partial charge in [-0.15, -0.1) is 11.3 Å². The summed E-state index contributed by atoms with van der Waals surface area (Å²) in [6, 6.07) is 22.1. The van der Waals surface area contributed by atoms with Gasteiger partial charge in [0.2, 0.25) is 0 Å². The molecule has 2 atom stereocenters. The smallest absolute Gasteiger partial charge is 0.0515 e. The van der Waals surface area contributed by atoms with E-state index in [0.29, 0.717) is 11.8 Å². The molecular formula is C32H37NS. The molecule has 0 amide bonds. The van der Waals surface area contributed by atoms with Crippen LogP contribution in [0.25, 0.3) is 15.8 Å². The van der Waals surface area contributed by atoms with Crippen molar-refractivity contribution in [3.63, 3.8) is 0 Å². The highest BCUT2D eigenvalue weighted by atomic mass is 32.1. The molecule has 0 fully saturated rings. The van der Waals surface area contributed by atoms with Crippen molar-refractivity contribution < 1.29 is 0 Å². The van der Waals surface area contributed by atoms with E-state index in [-0.39, 0.29) is 0 Å². The van der Waals surface area contributed by atoms with Gasteiger partial charge < -0.3 is 5.32 Å². The summed E-state index contributed by atoms with van der Waals surface area (Å²) in [4.78, 5) is 1.31. The standard InChI is InChI=1S/C32H37NS/c1-3-5-19-30(32-24-29-18-12-13-20-31(29)34-32)33-22-21-28(27-16-10-7-11-17-27)23-25(4-2)26-14-8-6-9-15-26/h3,5,7-8,10-20,24-25,28,33H,4,6,9,21-23H2,1-2H3/b5-3-,30-19-. The Hall–Kier alpha value is -2.84. The van der Waals surface area contributed by atoms with Gasteiger partial charge in [0, 0.05) is 11.2 Å². The molecule has 1 heterocycles. The monoisotopic (exact) mass is 467 g/mol. The van der Waals surface area contributed by atoms with Crippen LogP contribution in [0, 0.1) is 5.92 Å². The van der Waals surface area contributed by atoms with Crippen LogP contribution in [-0.2, 0) is 0 Å². The second-order valence-electron chi connectivity index (χ2n) is 9.10. The lowest BCUT2D eigenvalue weighted by atomic mass is 9.80. The third-order valence-electron chi connectivity index (χ3n) is 6.78. The number of rotatable bonds is 11. The maximum atomic E-state index is 3.79. The van der Waals surface area contributed by atoms with Crippen LogP contribution < -0.4 is 5.32 Å². The molecule has 2 unspecified atom stereocenters. The molecule has 0 radical (unpaired) electrons. The summed E-state index contributed by atoms with van der Waals surface area (Å²) in [6.07, 6.45) is 19.5. The largest absolute Gasteiger partial charge is 0.384 e. The van der Waals surface area contributed by atoms with Gasteiger partial charge in [-0.2, -0.15) is 0 Å². The summed E-state index contributed by atoms with van der Waals surface area (Å²) in [5.41, 5.74) is 4.22. The third kappa shape index (κ3) is 6.39. The molecule has 34 heavy (non-hydrogen) atoms. The van der Waals surface area contributed by atoms with Crippen molar-refractivity contribution in [1.82, 2.24) is 5.32 Å². The molecule has 176 valence electrons. The number of hydrogen-bond donors (Lipinski definition) is 1. The Morgan fingerprint density at radius 1 is 1.03 bits per heavy atom. The van der Waals surface area contributed by atoms with Crippen molar-refractivity contribution in [3.8, 4) is 0 Å². The zero-order valence-electron chi connectivity index (χ0n) is 20.5. The molecule has 0 saturated carbocycles. The summed E-state index contributed by atoms with van der Waals surface area (Å²) < 4.78 is 1.34. The van der Waals surface area contributed by atoms with Gasteiger partial charge in [0.25, 0.3) is 0 Å². The van der Waals surface area contributed by atoms with Crippen molar-refractivity contribution in [2.45, 2.75) is 51.9 Å². The van der Waals surface area contributed by atoms with Crippen molar-refractivity contribution >= 4 is 27.1 Å². The van der Waals surface area contributed by atoms with E-state index in [9.17, 15) is 0 Å². The molecule has 0 aliphatic heterocycles. The van der Waals surface area contributed by atoms with Gasteiger partial charge >= 0.3 is 0 Å². The molecule has 2 heteroatoms. The number of nitrogens with one attached hydrogen (secondary N) is 1. The van der Waals surface area contributed by atoms with Gasteiger partial charge in [-0.25, -0.2) is 0 Å². The van der Waals surface area contributed by atoms with E-state index in [4.69, 9.17) is 0 Å². The van der Waals surface area contributed by atoms with Crippen LogP contribution in [0.5, 0.6) is 0 Å². The van der Waals surface area contributed by atoms with E-state index in [0.717, 1.165) is 13.0 Å². The summed E-state index contributed by atoms with van der Waals surface area (Å²) in [5, 5.41) is 5.11. The van der Waals surface area contributed by atoms with Gasteiger partial charge in [-0.05, 0) is 85.6 Å². The first-order valence-corrected chi connectivity index (χ1v) is 13.6. The Morgan fingerprint density at radius 3 is 2.59 bits per heavy atom. The molecule has 1 aliphatic rings. The predicted octanol–water partition coefficient (Wildman–Crippen LogP) is 9.27. The third-order valence-corrected chi connectivity index (χ3v) is 7.93. The molecule has 1 N–H and O–H groups in total. The maximum Gasteiger partial charge on any atom is 0.0515 e. The molecular weight excluding hydrogens is 430 g/mol. The highest BCUT2D eigenvalue weighted by molar-refractivity contribution is 7.20. The second-order valence-corrected chi connectivity index (χ2v) is 10.2. The number of hydrogen-bond acceptors (Lipinski definition) is 2. The SMILES string of the molecule is C/C=C\C=C(/NCCC(CC(CC)C1=CCCC=C1)c1ccccc1)c1cc2ccccc2s1. The van der Waals surface area contributed by atoms with Crippen molar-refractivity contribution in [2.24, 2.45) is 5.92 Å². The predicted molar refractivity (Wildman–Crippen MR) is 151 cm³/mol. The minimum Gasteiger partial charge on any atom is -0.384 e. The molecule has 3 aromatic rings. The van der Waals surface area contributed by atoms with Crippen molar-refractivity contribution in [2.75, 3.05) is 6.54 Å². The molecule has 1 aliphatic carbocycles. The highest BCUT2D eigenvalue weighted by Crippen LogP contribution is 2.34. The van der Waals surface area contributed by atoms with Crippen LogP contribution in [0.1, 0.15) is 62.3 Å². The fraction of sp³-hybridized carbons (Fsp3) is 0.312. The number of allylic oxidation sites excluding steroid dienone is 7. The molecule has 0 bridgehead atoms. The van der Waals surface area contributed by atoms with Crippen LogP contribution in [0.2, 0.25) is 0 Å². The van der Waals surface area contributed by atoms with Gasteiger partial charge in [0.1, 0.15) is 0 Å². The average molecular weight is 468 g/mol. The normalized spacial score (nSPS) is 16.1. The summed E-state index contributed by atoms with van der Waals surface area (Å²) in [7, 11) is 0. The van der Waals surface area contributed by atoms with Crippen LogP contribution in [0.15, 0.2) is 103 Å². The number of fused-ring (bicyclic) bond motifs is 1. The van der Waals surface area contributed by atoms with Gasteiger partial charge in [-0.3, -0.25) is 0 Å². The Kier molecular flexibility index (Phi) is 8.98. The molecule has 0 saturated heterocycles. The number of thiophene rings is 1. The Balaban J connectivity index is 1.49. The van der Waals surface area contributed by atoms with Crippen LogP contribution in [0.3, 0.4) is 0 Å². The second kappa shape index (κ2) is 12.6. The summed E-state index contributed by atoms with van der Waals surface area (Å²) >= 11 is 1.86. The molecule has 0 spiro atoms. The first kappa shape index (κ1) is 24.3. The minimum atomic E-state index is 0.542. The van der Waals surface area contributed by atoms with Gasteiger partial charge in [-0.1, -0.05) is 85.8 Å². The lowest BCUT2D eigenvalue weighted by Crippen LogP contribution is -2.18. The van der Waals surface area contributed by atoms with Gasteiger partial charge in [0.15, 0.2) is 0 Å². The zero-order chi connectivity index (χ0) is 23.6. The molecule has 2 aromatic carbocycles. The summed E-state index contributed by atoms with van der Waals surface area (Å²) in [5.74, 6) is 1.17. The minimum absolute atomic E-state index is 0.542. The topological polar surface area (TPSA) is 12.0 Å². The average Bonchev–Trinajstić information content (AvgIpc) is 3.33. The van der Waals surface area contributed by atoms with E-state index in [2.05, 4.69) is 116 Å².